The summed E-state index contributed by atoms with van der Waals surface area (Å²) in [4.78, 5) is 40.5. The molecule has 3 aromatic heterocycles. The van der Waals surface area contributed by atoms with E-state index in [1.54, 1.807) is 23.5 Å². The van der Waals surface area contributed by atoms with Crippen molar-refractivity contribution in [2.24, 2.45) is 4.99 Å². The SMILES string of the molecule is COC(=O)c1nc(N(CCCCCNC(=O)OC(C)(C)C)c2cc(C)c(N=c3sc4ccccc4n3COCC[Si](C)(C)C)nn2)sc1CCCOc1ccc(C#CCN(C)C)cc1F. The number of para-hydroxylation sites is 1. The van der Waals surface area contributed by atoms with Gasteiger partial charge in [0.15, 0.2) is 38.8 Å². The zero-order chi connectivity index (χ0) is 47.1. The number of nitrogens with zero attached hydrogens (tertiary/aromatic N) is 7. The lowest BCUT2D eigenvalue weighted by atomic mass is 10.2. The zero-order valence-electron chi connectivity index (χ0n) is 39.4. The summed E-state index contributed by atoms with van der Waals surface area (Å²) < 4.78 is 40.6. The summed E-state index contributed by atoms with van der Waals surface area (Å²) >= 11 is 2.93. The predicted molar refractivity (Wildman–Crippen MR) is 260 cm³/mol. The number of methoxy groups -OCH3 is 1. The van der Waals surface area contributed by atoms with Gasteiger partial charge in [-0.05, 0) is 122 Å². The summed E-state index contributed by atoms with van der Waals surface area (Å²) in [6.07, 6.45) is 2.67. The average Bonchev–Trinajstić information content (AvgIpc) is 3.81. The van der Waals surface area contributed by atoms with Crippen LogP contribution in [-0.2, 0) is 27.4 Å². The molecule has 0 unspecified atom stereocenters. The van der Waals surface area contributed by atoms with Gasteiger partial charge in [-0.15, -0.1) is 21.5 Å². The summed E-state index contributed by atoms with van der Waals surface area (Å²) in [5.74, 6) is 6.06. The van der Waals surface area contributed by atoms with E-state index in [1.165, 1.54) is 24.5 Å². The molecule has 0 bridgehead atoms. The fraction of sp³-hybridized carbons (Fsp3) is 0.489. The van der Waals surface area contributed by atoms with Gasteiger partial charge < -0.3 is 29.2 Å². The molecule has 0 aliphatic rings. The maximum Gasteiger partial charge on any atom is 0.407 e. The Morgan fingerprint density at radius 2 is 1.78 bits per heavy atom. The van der Waals surface area contributed by atoms with Gasteiger partial charge in [-0.1, -0.05) is 55.0 Å². The number of amides is 1. The van der Waals surface area contributed by atoms with E-state index in [2.05, 4.69) is 63.7 Å². The van der Waals surface area contributed by atoms with Crippen LogP contribution in [0.5, 0.6) is 5.75 Å². The standard InChI is InChI=1S/C47H63FN8O6S2Si/c1-33-30-40(52-53-42(33)51-45-56(32-60-28-29-65(8,9)10)36-19-12-13-20-38(36)63-45)55(26-15-11-14-24-49-46(58)62-47(2,3)4)44-50-41(43(57)59-7)39(64-44)21-17-27-61-37-23-22-34(31-35(37)48)18-16-25-54(5)6/h12-13,19-20,22-23,30-31H,11,14-15,17,21,24-29,32H2,1-10H3,(H,49,58). The van der Waals surface area contributed by atoms with E-state index in [0.29, 0.717) is 79.4 Å². The van der Waals surface area contributed by atoms with Gasteiger partial charge in [-0.3, -0.25) is 9.47 Å². The number of unbranched alkanes of at least 4 members (excludes halogenated alkanes) is 2. The van der Waals surface area contributed by atoms with Gasteiger partial charge in [0.2, 0.25) is 0 Å². The predicted octanol–water partition coefficient (Wildman–Crippen LogP) is 9.49. The lowest BCUT2D eigenvalue weighted by Crippen LogP contribution is -2.33. The lowest BCUT2D eigenvalue weighted by Gasteiger charge is -2.21. The Hall–Kier alpha value is -5.19. The van der Waals surface area contributed by atoms with E-state index in [9.17, 15) is 14.0 Å². The van der Waals surface area contributed by atoms with Gasteiger partial charge in [0.1, 0.15) is 12.3 Å². The number of carbonyl (C=O) groups excluding carboxylic acids is 2. The van der Waals surface area contributed by atoms with Crippen molar-refractivity contribution in [2.75, 3.05) is 59.0 Å². The molecule has 0 radical (unpaired) electrons. The number of ether oxygens (including phenoxy) is 4. The molecule has 1 N–H and O–H groups in total. The first-order chi connectivity index (χ1) is 30.9. The highest BCUT2D eigenvalue weighted by atomic mass is 32.1. The molecule has 1 amide bonds. The number of aromatic nitrogens is 4. The monoisotopic (exact) mass is 946 g/mol. The van der Waals surface area contributed by atoms with Crippen LogP contribution in [0, 0.1) is 24.6 Å². The molecule has 0 fully saturated rings. The number of hydrogen-bond acceptors (Lipinski definition) is 14. The summed E-state index contributed by atoms with van der Waals surface area (Å²) in [5.41, 5.74) is 2.02. The number of benzene rings is 2. The summed E-state index contributed by atoms with van der Waals surface area (Å²) in [6, 6.07) is 15.8. The van der Waals surface area contributed by atoms with Crippen LogP contribution in [0.2, 0.25) is 25.7 Å². The number of aryl methyl sites for hydroxylation is 2. The van der Waals surface area contributed by atoms with E-state index in [-0.39, 0.29) is 18.1 Å². The molecule has 5 aromatic rings. The van der Waals surface area contributed by atoms with Crippen molar-refractivity contribution in [2.45, 2.75) is 97.8 Å². The van der Waals surface area contributed by atoms with Crippen molar-refractivity contribution in [1.82, 2.24) is 30.0 Å². The molecule has 0 saturated carbocycles. The smallest absolute Gasteiger partial charge is 0.407 e. The number of hydrogen-bond donors (Lipinski definition) is 1. The number of fused-ring (bicyclic) bond motifs is 1. The van der Waals surface area contributed by atoms with Crippen LogP contribution in [0.15, 0.2) is 53.5 Å². The minimum Gasteiger partial charge on any atom is -0.491 e. The van der Waals surface area contributed by atoms with Crippen LogP contribution >= 0.6 is 22.7 Å². The molecule has 350 valence electrons. The Kier molecular flexibility index (Phi) is 18.6. The summed E-state index contributed by atoms with van der Waals surface area (Å²) in [5, 5.41) is 12.7. The Balaban J connectivity index is 1.37. The van der Waals surface area contributed by atoms with Crippen LogP contribution < -0.4 is 19.8 Å². The second-order valence-corrected chi connectivity index (χ2v) is 25.7. The van der Waals surface area contributed by atoms with Crippen LogP contribution in [0.3, 0.4) is 0 Å². The number of esters is 1. The van der Waals surface area contributed by atoms with E-state index in [1.807, 2.05) is 69.8 Å². The highest BCUT2D eigenvalue weighted by molar-refractivity contribution is 7.16. The lowest BCUT2D eigenvalue weighted by molar-refractivity contribution is 0.0525. The fourth-order valence-electron chi connectivity index (χ4n) is 6.24. The normalized spacial score (nSPS) is 12.0. The third kappa shape index (κ3) is 16.0. The van der Waals surface area contributed by atoms with Crippen LogP contribution in [0.4, 0.5) is 26.0 Å². The van der Waals surface area contributed by atoms with E-state index in [0.717, 1.165) is 39.5 Å². The first-order valence-corrected chi connectivity index (χ1v) is 27.2. The summed E-state index contributed by atoms with van der Waals surface area (Å²) in [7, 11) is 3.90. The third-order valence-corrected chi connectivity index (χ3v) is 13.5. The number of alkyl carbamates (subject to hydrolysis) is 1. The van der Waals surface area contributed by atoms with E-state index < -0.39 is 31.6 Å². The summed E-state index contributed by atoms with van der Waals surface area (Å²) in [6.45, 7) is 17.2. The van der Waals surface area contributed by atoms with Crippen molar-refractivity contribution >= 4 is 69.8 Å². The third-order valence-electron chi connectivity index (χ3n) is 9.62. The molecular weight excluding hydrogens is 884 g/mol. The molecule has 0 atom stereocenters. The quantitative estimate of drug-likeness (QED) is 0.0325. The molecule has 0 aliphatic heterocycles. The number of rotatable bonds is 21. The Morgan fingerprint density at radius 3 is 2.49 bits per heavy atom. The molecule has 3 heterocycles. The van der Waals surface area contributed by atoms with Crippen LogP contribution in [-0.4, -0.2) is 104 Å². The van der Waals surface area contributed by atoms with Crippen molar-refractivity contribution < 1.29 is 32.9 Å². The minimum atomic E-state index is -1.26. The highest BCUT2D eigenvalue weighted by Crippen LogP contribution is 2.34. The first-order valence-electron chi connectivity index (χ1n) is 21.8. The van der Waals surface area contributed by atoms with Gasteiger partial charge in [0.25, 0.3) is 0 Å². The second-order valence-electron chi connectivity index (χ2n) is 18.0. The van der Waals surface area contributed by atoms with Gasteiger partial charge in [-0.25, -0.2) is 19.0 Å². The molecule has 0 saturated heterocycles. The molecule has 0 aliphatic carbocycles. The average molecular weight is 947 g/mol. The van der Waals surface area contributed by atoms with Gasteiger partial charge in [0, 0.05) is 38.2 Å². The van der Waals surface area contributed by atoms with E-state index >= 15 is 0 Å². The fourth-order valence-corrected chi connectivity index (χ4v) is 9.14. The number of carbonyl (C=O) groups is 2. The van der Waals surface area contributed by atoms with Crippen molar-refractivity contribution in [3.8, 4) is 17.6 Å². The van der Waals surface area contributed by atoms with Crippen LogP contribution in [0.25, 0.3) is 10.2 Å². The Labute approximate surface area is 391 Å². The van der Waals surface area contributed by atoms with Crippen LogP contribution in [0.1, 0.15) is 72.9 Å². The largest absolute Gasteiger partial charge is 0.491 e. The molecule has 0 spiro atoms. The minimum absolute atomic E-state index is 0.130. The topological polar surface area (TPSA) is 146 Å². The van der Waals surface area contributed by atoms with Gasteiger partial charge >= 0.3 is 12.1 Å². The Bertz CT molecular complexity index is 2520. The molecular formula is C47H63FN8O6S2Si. The molecule has 65 heavy (non-hydrogen) atoms. The second kappa shape index (κ2) is 23.8. The number of nitrogens with one attached hydrogen (secondary N) is 1. The number of thiazole rings is 2. The molecule has 14 nitrogen and oxygen atoms in total. The highest BCUT2D eigenvalue weighted by Gasteiger charge is 2.24. The zero-order valence-corrected chi connectivity index (χ0v) is 42.0. The van der Waals surface area contributed by atoms with Crippen molar-refractivity contribution in [3.05, 3.63) is 80.8 Å². The maximum absolute atomic E-state index is 14.9. The maximum atomic E-state index is 14.9. The number of halogens is 1. The van der Waals surface area contributed by atoms with Gasteiger partial charge in [0.05, 0.1) is 30.5 Å². The molecule has 5 rings (SSSR count). The molecule has 2 aromatic carbocycles. The van der Waals surface area contributed by atoms with Crippen molar-refractivity contribution in [1.29, 1.82) is 0 Å². The Morgan fingerprint density at radius 1 is 1.00 bits per heavy atom. The number of anilines is 2. The van der Waals surface area contributed by atoms with Gasteiger partial charge in [-0.2, -0.15) is 4.99 Å². The first kappa shape index (κ1) is 50.8. The van der Waals surface area contributed by atoms with E-state index in [4.69, 9.17) is 28.9 Å². The molecule has 18 heteroatoms. The van der Waals surface area contributed by atoms with Crippen molar-refractivity contribution in [3.63, 3.8) is 0 Å².